The Bertz CT molecular complexity index is 785. The van der Waals surface area contributed by atoms with Crippen molar-refractivity contribution in [1.82, 2.24) is 9.97 Å². The van der Waals surface area contributed by atoms with Gasteiger partial charge in [0.2, 0.25) is 5.28 Å². The van der Waals surface area contributed by atoms with E-state index in [1.807, 2.05) is 40.7 Å². The number of benzene rings is 1. The van der Waals surface area contributed by atoms with Gasteiger partial charge in [-0.1, -0.05) is 18.2 Å². The van der Waals surface area contributed by atoms with Gasteiger partial charge in [0.25, 0.3) is 0 Å². The highest BCUT2D eigenvalue weighted by Gasteiger charge is 2.32. The van der Waals surface area contributed by atoms with E-state index in [1.54, 1.807) is 18.2 Å². The first-order valence-electron chi connectivity index (χ1n) is 7.99. The van der Waals surface area contributed by atoms with Gasteiger partial charge in [-0.05, 0) is 64.3 Å². The van der Waals surface area contributed by atoms with Gasteiger partial charge < -0.3 is 4.74 Å². The smallest absolute Gasteiger partial charge is 0.312 e. The van der Waals surface area contributed by atoms with Crippen LogP contribution in [0, 0.1) is 11.2 Å². The third-order valence-corrected chi connectivity index (χ3v) is 3.69. The first kappa shape index (κ1) is 19.3. The summed E-state index contributed by atoms with van der Waals surface area (Å²) in [5, 5.41) is -0.0177. The van der Waals surface area contributed by atoms with Gasteiger partial charge in [0, 0.05) is 5.56 Å². The Kier molecular flexibility index (Phi) is 5.47. The molecule has 0 bridgehead atoms. The zero-order valence-corrected chi connectivity index (χ0v) is 15.8. The van der Waals surface area contributed by atoms with Crippen molar-refractivity contribution in [3.05, 3.63) is 47.1 Å². The van der Waals surface area contributed by atoms with Crippen LogP contribution in [0.5, 0.6) is 0 Å². The largest absolute Gasteiger partial charge is 0.460 e. The van der Waals surface area contributed by atoms with Gasteiger partial charge in [0.1, 0.15) is 11.3 Å². The fraction of sp³-hybridized carbons (Fsp3) is 0.421. The summed E-state index contributed by atoms with van der Waals surface area (Å²) in [5.74, 6) is -0.824. The van der Waals surface area contributed by atoms with Crippen molar-refractivity contribution in [3.8, 4) is 11.3 Å². The van der Waals surface area contributed by atoms with Gasteiger partial charge in [-0.2, -0.15) is 0 Å². The third-order valence-electron chi connectivity index (χ3n) is 3.51. The van der Waals surface area contributed by atoms with Crippen LogP contribution < -0.4 is 0 Å². The van der Waals surface area contributed by atoms with Crippen LogP contribution in [-0.4, -0.2) is 21.5 Å². The molecule has 0 spiro atoms. The summed E-state index contributed by atoms with van der Waals surface area (Å²) in [7, 11) is 0. The van der Waals surface area contributed by atoms with Gasteiger partial charge in [-0.15, -0.1) is 0 Å². The summed E-state index contributed by atoms with van der Waals surface area (Å²) >= 11 is 5.77. The van der Waals surface area contributed by atoms with E-state index in [0.29, 0.717) is 12.0 Å². The molecule has 134 valence electrons. The summed E-state index contributed by atoms with van der Waals surface area (Å²) < 4.78 is 19.5. The number of hydrogen-bond acceptors (Lipinski definition) is 4. The molecule has 0 fully saturated rings. The predicted octanol–water partition coefficient (Wildman–Crippen LogP) is 4.85. The lowest BCUT2D eigenvalue weighted by atomic mass is 9.85. The molecule has 0 saturated heterocycles. The second-order valence-corrected chi connectivity index (χ2v) is 7.94. The normalized spacial score (nSPS) is 12.1. The molecule has 2 rings (SSSR count). The lowest BCUT2D eigenvalue weighted by Crippen LogP contribution is -2.35. The molecule has 6 heteroatoms. The Morgan fingerprint density at radius 3 is 2.56 bits per heavy atom. The van der Waals surface area contributed by atoms with Crippen LogP contribution in [-0.2, 0) is 16.0 Å². The van der Waals surface area contributed by atoms with E-state index in [4.69, 9.17) is 16.3 Å². The molecule has 0 atom stereocenters. The monoisotopic (exact) mass is 364 g/mol. The Balaban J connectivity index is 2.27. The van der Waals surface area contributed by atoms with Gasteiger partial charge in [-0.25, -0.2) is 14.4 Å². The fourth-order valence-electron chi connectivity index (χ4n) is 2.38. The van der Waals surface area contributed by atoms with Crippen LogP contribution in [0.2, 0.25) is 5.28 Å². The topological polar surface area (TPSA) is 52.1 Å². The molecule has 4 nitrogen and oxygen atoms in total. The van der Waals surface area contributed by atoms with Crippen molar-refractivity contribution in [3.63, 3.8) is 0 Å². The van der Waals surface area contributed by atoms with Crippen molar-refractivity contribution in [1.29, 1.82) is 0 Å². The van der Waals surface area contributed by atoms with Crippen LogP contribution in [0.3, 0.4) is 0 Å². The summed E-state index contributed by atoms with van der Waals surface area (Å²) in [4.78, 5) is 20.0. The molecule has 0 aliphatic heterocycles. The molecule has 1 heterocycles. The van der Waals surface area contributed by atoms with Crippen molar-refractivity contribution in [2.24, 2.45) is 5.41 Å². The van der Waals surface area contributed by atoms with Gasteiger partial charge >= 0.3 is 5.97 Å². The van der Waals surface area contributed by atoms with Crippen LogP contribution in [0.25, 0.3) is 11.3 Å². The number of hydrogen-bond donors (Lipinski definition) is 0. The minimum atomic E-state index is -0.715. The zero-order valence-electron chi connectivity index (χ0n) is 15.1. The van der Waals surface area contributed by atoms with Crippen LogP contribution in [0.15, 0.2) is 30.5 Å². The Morgan fingerprint density at radius 2 is 1.92 bits per heavy atom. The predicted molar refractivity (Wildman–Crippen MR) is 95.8 cm³/mol. The molecule has 1 aromatic carbocycles. The van der Waals surface area contributed by atoms with E-state index < -0.39 is 16.8 Å². The number of esters is 1. The van der Waals surface area contributed by atoms with Gasteiger partial charge in [0.05, 0.1) is 11.6 Å². The molecule has 0 aliphatic rings. The first-order valence-corrected chi connectivity index (χ1v) is 8.36. The summed E-state index contributed by atoms with van der Waals surface area (Å²) in [6, 6.07) is 7.22. The van der Waals surface area contributed by atoms with E-state index in [2.05, 4.69) is 9.97 Å². The maximum atomic E-state index is 14.0. The van der Waals surface area contributed by atoms with E-state index in [9.17, 15) is 9.18 Å². The number of aromatic nitrogens is 2. The molecule has 2 aromatic rings. The minimum Gasteiger partial charge on any atom is -0.460 e. The number of carbonyl (C=O) groups excluding carboxylic acids is 1. The van der Waals surface area contributed by atoms with Crippen molar-refractivity contribution in [2.75, 3.05) is 0 Å². The third kappa shape index (κ3) is 5.23. The highest BCUT2D eigenvalue weighted by molar-refractivity contribution is 6.28. The van der Waals surface area contributed by atoms with E-state index >= 15 is 0 Å². The number of nitrogens with zero attached hydrogens (tertiary/aromatic N) is 2. The molecular formula is C19H22ClFN2O2. The van der Waals surface area contributed by atoms with Crippen molar-refractivity contribution >= 4 is 17.6 Å². The molecule has 0 radical (unpaired) electrons. The molecule has 0 N–H and O–H groups in total. The average molecular weight is 365 g/mol. The van der Waals surface area contributed by atoms with E-state index in [1.165, 1.54) is 0 Å². The maximum absolute atomic E-state index is 14.0. The number of carbonyl (C=O) groups is 1. The highest BCUT2D eigenvalue weighted by atomic mass is 35.5. The standard InChI is InChI=1S/C19H22ClFN2O2/c1-18(2,3)25-16(24)19(4,5)10-12-7-6-8-13(9-12)15-14(21)11-22-17(20)23-15/h6-9,11H,10H2,1-5H3. The SMILES string of the molecule is CC(C)(C)OC(=O)C(C)(C)Cc1cccc(-c2nc(Cl)ncc2F)c1. The molecule has 0 unspecified atom stereocenters. The Hall–Kier alpha value is -2.01. The summed E-state index contributed by atoms with van der Waals surface area (Å²) in [6.45, 7) is 9.17. The Labute approximate surface area is 152 Å². The number of rotatable bonds is 4. The van der Waals surface area contributed by atoms with Gasteiger partial charge in [-0.3, -0.25) is 4.79 Å². The second-order valence-electron chi connectivity index (χ2n) is 7.60. The summed E-state index contributed by atoms with van der Waals surface area (Å²) in [5.41, 5.74) is 0.337. The van der Waals surface area contributed by atoms with Crippen molar-refractivity contribution in [2.45, 2.75) is 46.6 Å². The van der Waals surface area contributed by atoms with Gasteiger partial charge in [0.15, 0.2) is 5.82 Å². The second kappa shape index (κ2) is 7.08. The van der Waals surface area contributed by atoms with Crippen molar-refractivity contribution < 1.29 is 13.9 Å². The number of ether oxygens (including phenoxy) is 1. The molecule has 0 amide bonds. The number of halogens is 2. The quantitative estimate of drug-likeness (QED) is 0.575. The fourth-order valence-corrected chi connectivity index (χ4v) is 2.51. The first-order chi connectivity index (χ1) is 11.5. The minimum absolute atomic E-state index is 0.0177. The molecular weight excluding hydrogens is 343 g/mol. The van der Waals surface area contributed by atoms with E-state index in [-0.39, 0.29) is 16.9 Å². The highest BCUT2D eigenvalue weighted by Crippen LogP contribution is 2.29. The molecule has 25 heavy (non-hydrogen) atoms. The average Bonchev–Trinajstić information content (AvgIpc) is 2.48. The molecule has 0 aliphatic carbocycles. The molecule has 1 aromatic heterocycles. The van der Waals surface area contributed by atoms with Crippen LogP contribution in [0.4, 0.5) is 4.39 Å². The summed E-state index contributed by atoms with van der Waals surface area (Å²) in [6.07, 6.45) is 1.50. The van der Waals surface area contributed by atoms with Crippen LogP contribution in [0.1, 0.15) is 40.2 Å². The Morgan fingerprint density at radius 1 is 1.24 bits per heavy atom. The van der Waals surface area contributed by atoms with E-state index in [0.717, 1.165) is 11.8 Å². The maximum Gasteiger partial charge on any atom is 0.312 e. The zero-order chi connectivity index (χ0) is 18.8. The molecule has 0 saturated carbocycles. The lowest BCUT2D eigenvalue weighted by Gasteiger charge is -2.28. The van der Waals surface area contributed by atoms with Crippen LogP contribution >= 0.6 is 11.6 Å². The lowest BCUT2D eigenvalue weighted by molar-refractivity contribution is -0.165.